The maximum absolute atomic E-state index is 12.7. The van der Waals surface area contributed by atoms with Gasteiger partial charge in [0.2, 0.25) is 0 Å². The van der Waals surface area contributed by atoms with E-state index in [-0.39, 0.29) is 23.2 Å². The molecule has 0 aliphatic carbocycles. The van der Waals surface area contributed by atoms with Crippen LogP contribution in [0.5, 0.6) is 0 Å². The third kappa shape index (κ3) is 2.96. The Kier molecular flexibility index (Phi) is 4.40. The zero-order chi connectivity index (χ0) is 15.6. The van der Waals surface area contributed by atoms with E-state index >= 15 is 0 Å². The van der Waals surface area contributed by atoms with Gasteiger partial charge in [-0.15, -0.1) is 0 Å². The first-order valence-corrected chi connectivity index (χ1v) is 7.09. The number of amides is 1. The highest BCUT2D eigenvalue weighted by Gasteiger charge is 2.34. The number of nitrogens with one attached hydrogen (secondary N) is 1. The summed E-state index contributed by atoms with van der Waals surface area (Å²) < 4.78 is 0. The average molecular weight is 292 g/mol. The predicted molar refractivity (Wildman–Crippen MR) is 79.3 cm³/mol. The van der Waals surface area contributed by atoms with E-state index in [2.05, 4.69) is 24.1 Å². The van der Waals surface area contributed by atoms with E-state index in [4.69, 9.17) is 0 Å². The lowest BCUT2D eigenvalue weighted by Crippen LogP contribution is -2.38. The van der Waals surface area contributed by atoms with Gasteiger partial charge in [0.05, 0.1) is 4.92 Å². The second kappa shape index (κ2) is 6.07. The molecule has 0 spiro atoms. The number of pyridine rings is 1. The van der Waals surface area contributed by atoms with Crippen LogP contribution >= 0.6 is 0 Å². The second-order valence-corrected chi connectivity index (χ2v) is 5.55. The summed E-state index contributed by atoms with van der Waals surface area (Å²) in [5, 5.41) is 13.9. The van der Waals surface area contributed by atoms with Gasteiger partial charge in [-0.25, -0.2) is 4.98 Å². The van der Waals surface area contributed by atoms with Gasteiger partial charge >= 0.3 is 0 Å². The molecule has 0 saturated carbocycles. The lowest BCUT2D eigenvalue weighted by Gasteiger charge is -2.27. The molecule has 2 rings (SSSR count). The molecule has 21 heavy (non-hydrogen) atoms. The molecule has 1 aliphatic rings. The molecule has 1 atom stereocenters. The fourth-order valence-electron chi connectivity index (χ4n) is 2.79. The van der Waals surface area contributed by atoms with Crippen molar-refractivity contribution in [2.45, 2.75) is 32.7 Å². The summed E-state index contributed by atoms with van der Waals surface area (Å²) in [5.74, 6) is 0.502. The molecule has 1 aromatic heterocycles. The molecule has 7 nitrogen and oxygen atoms in total. The molecule has 7 heteroatoms. The van der Waals surface area contributed by atoms with Gasteiger partial charge in [0, 0.05) is 25.7 Å². The largest absolute Gasteiger partial charge is 0.373 e. The summed E-state index contributed by atoms with van der Waals surface area (Å²) in [4.78, 5) is 29.0. The molecule has 1 aromatic rings. The Morgan fingerprint density at radius 1 is 1.57 bits per heavy atom. The summed E-state index contributed by atoms with van der Waals surface area (Å²) in [6.07, 6.45) is 3.02. The summed E-state index contributed by atoms with van der Waals surface area (Å²) in [6, 6.07) is 1.60. The molecular formula is C14H20N4O3. The van der Waals surface area contributed by atoms with E-state index in [1.54, 1.807) is 11.9 Å². The van der Waals surface area contributed by atoms with Gasteiger partial charge in [0.15, 0.2) is 0 Å². The lowest BCUT2D eigenvalue weighted by atomic mass is 10.0. The van der Waals surface area contributed by atoms with Crippen LogP contribution in [0.3, 0.4) is 0 Å². The highest BCUT2D eigenvalue weighted by atomic mass is 16.6. The summed E-state index contributed by atoms with van der Waals surface area (Å²) in [5.41, 5.74) is -0.139. The maximum Gasteiger partial charge on any atom is 0.300 e. The van der Waals surface area contributed by atoms with Gasteiger partial charge in [-0.05, 0) is 18.8 Å². The van der Waals surface area contributed by atoms with Gasteiger partial charge < -0.3 is 10.2 Å². The predicted octanol–water partition coefficient (Wildman–Crippen LogP) is 2.29. The highest BCUT2D eigenvalue weighted by Crippen LogP contribution is 2.29. The quantitative estimate of drug-likeness (QED) is 0.679. The van der Waals surface area contributed by atoms with Crippen molar-refractivity contribution in [3.8, 4) is 0 Å². The number of hydrogen-bond donors (Lipinski definition) is 1. The molecule has 1 unspecified atom stereocenters. The molecule has 0 bridgehead atoms. The maximum atomic E-state index is 12.7. The van der Waals surface area contributed by atoms with Crippen molar-refractivity contribution in [1.82, 2.24) is 9.88 Å². The first kappa shape index (κ1) is 15.2. The Hall–Kier alpha value is -2.18. The van der Waals surface area contributed by atoms with Crippen LogP contribution in [0.15, 0.2) is 12.3 Å². The number of carbonyl (C=O) groups is 1. The van der Waals surface area contributed by atoms with Gasteiger partial charge in [0.25, 0.3) is 11.6 Å². The van der Waals surface area contributed by atoms with Crippen LogP contribution < -0.4 is 5.32 Å². The van der Waals surface area contributed by atoms with Crippen LogP contribution in [-0.4, -0.2) is 40.3 Å². The molecule has 1 aliphatic heterocycles. The molecule has 0 radical (unpaired) electrons. The first-order valence-electron chi connectivity index (χ1n) is 7.09. The highest BCUT2D eigenvalue weighted by molar-refractivity contribution is 5.99. The number of hydrogen-bond acceptors (Lipinski definition) is 5. The summed E-state index contributed by atoms with van der Waals surface area (Å²) in [6.45, 7) is 4.78. The monoisotopic (exact) mass is 292 g/mol. The molecule has 114 valence electrons. The normalized spacial score (nSPS) is 18.1. The molecular weight excluding hydrogens is 272 g/mol. The van der Waals surface area contributed by atoms with E-state index in [1.807, 2.05) is 0 Å². The zero-order valence-corrected chi connectivity index (χ0v) is 12.5. The molecule has 1 saturated heterocycles. The van der Waals surface area contributed by atoms with Crippen molar-refractivity contribution in [2.75, 3.05) is 18.9 Å². The molecule has 0 aromatic carbocycles. The fourth-order valence-corrected chi connectivity index (χ4v) is 2.79. The van der Waals surface area contributed by atoms with Crippen LogP contribution in [0.4, 0.5) is 11.5 Å². The second-order valence-electron chi connectivity index (χ2n) is 5.55. The fraction of sp³-hybridized carbons (Fsp3) is 0.571. The summed E-state index contributed by atoms with van der Waals surface area (Å²) in [7, 11) is 1.66. The zero-order valence-electron chi connectivity index (χ0n) is 12.5. The molecule has 1 N–H and O–H groups in total. The van der Waals surface area contributed by atoms with Gasteiger partial charge in [-0.3, -0.25) is 14.9 Å². The Morgan fingerprint density at radius 2 is 2.29 bits per heavy atom. The minimum atomic E-state index is -0.555. The number of nitrogens with zero attached hydrogens (tertiary/aromatic N) is 3. The Morgan fingerprint density at radius 3 is 2.86 bits per heavy atom. The van der Waals surface area contributed by atoms with Crippen LogP contribution in [0.25, 0.3) is 0 Å². The van der Waals surface area contributed by atoms with Crippen molar-refractivity contribution in [1.29, 1.82) is 0 Å². The first-order chi connectivity index (χ1) is 9.95. The van der Waals surface area contributed by atoms with Gasteiger partial charge in [-0.1, -0.05) is 13.8 Å². The number of rotatable bonds is 4. The third-order valence-corrected chi connectivity index (χ3v) is 3.90. The van der Waals surface area contributed by atoms with E-state index in [0.717, 1.165) is 19.0 Å². The Labute approximate surface area is 123 Å². The van der Waals surface area contributed by atoms with Crippen molar-refractivity contribution in [2.24, 2.45) is 5.92 Å². The van der Waals surface area contributed by atoms with E-state index in [9.17, 15) is 14.9 Å². The van der Waals surface area contributed by atoms with Crippen LogP contribution in [-0.2, 0) is 0 Å². The topological polar surface area (TPSA) is 88.4 Å². The SMILES string of the molecule is CNc1cc(C(=O)N2CCCC2C(C)C)c([N+](=O)[O-])cn1. The molecule has 2 heterocycles. The smallest absolute Gasteiger partial charge is 0.300 e. The number of anilines is 1. The number of nitro groups is 1. The van der Waals surface area contributed by atoms with E-state index in [0.29, 0.717) is 18.3 Å². The number of aromatic nitrogens is 1. The van der Waals surface area contributed by atoms with E-state index < -0.39 is 4.92 Å². The standard InChI is InChI=1S/C14H20N4O3/c1-9(2)11-5-4-6-17(11)14(19)10-7-13(15-3)16-8-12(10)18(20)21/h7-9,11H,4-6H2,1-3H3,(H,15,16). The lowest BCUT2D eigenvalue weighted by molar-refractivity contribution is -0.385. The molecule has 1 amide bonds. The van der Waals surface area contributed by atoms with Crippen LogP contribution in [0, 0.1) is 16.0 Å². The van der Waals surface area contributed by atoms with Crippen molar-refractivity contribution >= 4 is 17.4 Å². The van der Waals surface area contributed by atoms with Gasteiger partial charge in [-0.2, -0.15) is 0 Å². The number of carbonyl (C=O) groups excluding carboxylic acids is 1. The Balaban J connectivity index is 2.39. The van der Waals surface area contributed by atoms with Crippen LogP contribution in [0.2, 0.25) is 0 Å². The van der Waals surface area contributed by atoms with Crippen molar-refractivity contribution in [3.63, 3.8) is 0 Å². The summed E-state index contributed by atoms with van der Waals surface area (Å²) >= 11 is 0. The van der Waals surface area contributed by atoms with Crippen molar-refractivity contribution < 1.29 is 9.72 Å². The minimum absolute atomic E-state index is 0.104. The van der Waals surface area contributed by atoms with E-state index in [1.165, 1.54) is 6.07 Å². The van der Waals surface area contributed by atoms with Gasteiger partial charge in [0.1, 0.15) is 17.6 Å². The Bertz CT molecular complexity index is 559. The third-order valence-electron chi connectivity index (χ3n) is 3.90. The van der Waals surface area contributed by atoms with Crippen molar-refractivity contribution in [3.05, 3.63) is 27.9 Å². The molecule has 1 fully saturated rings. The number of likely N-dealkylation sites (tertiary alicyclic amines) is 1. The van der Waals surface area contributed by atoms with Crippen LogP contribution in [0.1, 0.15) is 37.0 Å². The average Bonchev–Trinajstić information content (AvgIpc) is 2.95. The minimum Gasteiger partial charge on any atom is -0.373 e.